The van der Waals surface area contributed by atoms with Crippen LogP contribution in [0.2, 0.25) is 0 Å². The normalized spacial score (nSPS) is 33.6. The van der Waals surface area contributed by atoms with Gasteiger partial charge >= 0.3 is 12.0 Å². The molecule has 7 nitrogen and oxygen atoms in total. The van der Waals surface area contributed by atoms with E-state index in [1.54, 1.807) is 24.3 Å². The molecule has 2 aliphatic rings. The summed E-state index contributed by atoms with van der Waals surface area (Å²) in [6, 6.07) is 8.27. The maximum absolute atomic E-state index is 13.6. The van der Waals surface area contributed by atoms with Gasteiger partial charge in [0.15, 0.2) is 0 Å². The number of hydrogen-bond acceptors (Lipinski definition) is 5. The number of imide groups is 1. The molecule has 0 saturated carbocycles. The minimum atomic E-state index is -0.956. The van der Waals surface area contributed by atoms with Crippen molar-refractivity contribution >= 4 is 17.9 Å². The van der Waals surface area contributed by atoms with Crippen molar-refractivity contribution in [3.63, 3.8) is 0 Å². The summed E-state index contributed by atoms with van der Waals surface area (Å²) < 4.78 is 5.31. The first-order chi connectivity index (χ1) is 14.6. The molecule has 0 radical (unpaired) electrons. The predicted molar refractivity (Wildman–Crippen MR) is 119 cm³/mol. The zero-order valence-electron chi connectivity index (χ0n) is 19.5. The lowest BCUT2D eigenvalue weighted by Gasteiger charge is -2.62. The number of urea groups is 1. The summed E-state index contributed by atoms with van der Waals surface area (Å²) in [6.45, 7) is 10.7. The van der Waals surface area contributed by atoms with Crippen molar-refractivity contribution in [3.8, 4) is 0 Å². The number of carbonyl (C=O) groups excluding carboxylic acids is 3. The highest BCUT2D eigenvalue weighted by Gasteiger charge is 2.65. The predicted octanol–water partition coefficient (Wildman–Crippen LogP) is 3.44. The van der Waals surface area contributed by atoms with E-state index in [-0.39, 0.29) is 36.1 Å². The molecule has 1 spiro atoms. The first-order valence-electron chi connectivity index (χ1n) is 11.2. The Morgan fingerprint density at radius 2 is 1.81 bits per heavy atom. The summed E-state index contributed by atoms with van der Waals surface area (Å²) in [5.74, 6) is -0.761. The van der Waals surface area contributed by atoms with Gasteiger partial charge < -0.3 is 10.1 Å². The molecule has 3 rings (SSSR count). The van der Waals surface area contributed by atoms with E-state index in [1.807, 2.05) is 6.07 Å². The standard InChI is InChI=1S/C24H35N3O4/c1-7-22(4)16-24(17(3)23(5,8-2)26(22)6)20(29)27(21(30)25-24)14-15-31-19(28)18-12-10-9-11-13-18/h9-13,17H,7-8,14-16H2,1-6H3,(H,25,30). The van der Waals surface area contributed by atoms with E-state index in [0.29, 0.717) is 12.0 Å². The summed E-state index contributed by atoms with van der Waals surface area (Å²) in [7, 11) is 2.12. The van der Waals surface area contributed by atoms with Gasteiger partial charge in [-0.3, -0.25) is 14.6 Å². The highest BCUT2D eigenvalue weighted by molar-refractivity contribution is 6.07. The van der Waals surface area contributed by atoms with Gasteiger partial charge in [0.05, 0.1) is 12.1 Å². The Kier molecular flexibility index (Phi) is 6.20. The second-order valence-corrected chi connectivity index (χ2v) is 9.38. The van der Waals surface area contributed by atoms with Gasteiger partial charge in [0.2, 0.25) is 0 Å². The van der Waals surface area contributed by atoms with Crippen molar-refractivity contribution in [1.82, 2.24) is 15.1 Å². The van der Waals surface area contributed by atoms with Crippen molar-refractivity contribution in [2.45, 2.75) is 70.5 Å². The summed E-state index contributed by atoms with van der Waals surface area (Å²) in [5, 5.41) is 3.06. The van der Waals surface area contributed by atoms with Crippen LogP contribution in [0.5, 0.6) is 0 Å². The third-order valence-electron chi connectivity index (χ3n) is 8.14. The van der Waals surface area contributed by atoms with Crippen LogP contribution < -0.4 is 5.32 Å². The number of likely N-dealkylation sites (tertiary alicyclic amines) is 1. The Balaban J connectivity index is 1.78. The number of nitrogens with zero attached hydrogens (tertiary/aromatic N) is 2. The SMILES string of the molecule is CCC1(C)CC2(NC(=O)N(CCOC(=O)c3ccccc3)C2=O)C(C)C(C)(CC)N1C. The highest BCUT2D eigenvalue weighted by atomic mass is 16.5. The van der Waals surface area contributed by atoms with Crippen molar-refractivity contribution in [2.24, 2.45) is 5.92 Å². The van der Waals surface area contributed by atoms with E-state index < -0.39 is 17.5 Å². The number of esters is 1. The maximum Gasteiger partial charge on any atom is 0.338 e. The van der Waals surface area contributed by atoms with E-state index in [1.165, 1.54) is 4.90 Å². The molecule has 170 valence electrons. The number of benzene rings is 1. The third-order valence-corrected chi connectivity index (χ3v) is 8.14. The molecule has 2 aliphatic heterocycles. The van der Waals surface area contributed by atoms with Crippen LogP contribution in [0, 0.1) is 5.92 Å². The minimum absolute atomic E-state index is 0.0344. The Morgan fingerprint density at radius 1 is 1.16 bits per heavy atom. The fourth-order valence-electron chi connectivity index (χ4n) is 5.36. The average Bonchev–Trinajstić information content (AvgIpc) is 3.01. The summed E-state index contributed by atoms with van der Waals surface area (Å²) in [5.41, 5.74) is -0.988. The molecule has 1 N–H and O–H groups in total. The Morgan fingerprint density at radius 3 is 2.39 bits per heavy atom. The van der Waals surface area contributed by atoms with E-state index in [2.05, 4.69) is 51.9 Å². The van der Waals surface area contributed by atoms with Crippen LogP contribution >= 0.6 is 0 Å². The summed E-state index contributed by atoms with van der Waals surface area (Å²) in [6.07, 6.45) is 2.28. The first-order valence-corrected chi connectivity index (χ1v) is 11.2. The Hall–Kier alpha value is -2.41. The number of amides is 3. The van der Waals surface area contributed by atoms with Gasteiger partial charge in [-0.05, 0) is 52.3 Å². The van der Waals surface area contributed by atoms with Crippen LogP contribution in [-0.2, 0) is 9.53 Å². The van der Waals surface area contributed by atoms with E-state index in [0.717, 1.165) is 12.8 Å². The molecule has 1 aromatic carbocycles. The lowest BCUT2D eigenvalue weighted by Crippen LogP contribution is -2.74. The molecule has 2 fully saturated rings. The van der Waals surface area contributed by atoms with Crippen molar-refractivity contribution in [3.05, 3.63) is 35.9 Å². The van der Waals surface area contributed by atoms with Gasteiger partial charge in [-0.1, -0.05) is 39.0 Å². The molecule has 3 amide bonds. The van der Waals surface area contributed by atoms with Crippen LogP contribution in [0.1, 0.15) is 64.2 Å². The maximum atomic E-state index is 13.6. The van der Waals surface area contributed by atoms with Gasteiger partial charge in [-0.15, -0.1) is 0 Å². The summed E-state index contributed by atoms with van der Waals surface area (Å²) >= 11 is 0. The fourth-order valence-corrected chi connectivity index (χ4v) is 5.36. The zero-order chi connectivity index (χ0) is 23.0. The van der Waals surface area contributed by atoms with Crippen molar-refractivity contribution < 1.29 is 19.1 Å². The molecule has 1 aromatic rings. The van der Waals surface area contributed by atoms with Crippen LogP contribution in [0.3, 0.4) is 0 Å². The monoisotopic (exact) mass is 429 g/mol. The van der Waals surface area contributed by atoms with Crippen molar-refractivity contribution in [2.75, 3.05) is 20.2 Å². The smallest absolute Gasteiger partial charge is 0.338 e. The van der Waals surface area contributed by atoms with Gasteiger partial charge in [0.25, 0.3) is 5.91 Å². The molecule has 0 bridgehead atoms. The second-order valence-electron chi connectivity index (χ2n) is 9.38. The quantitative estimate of drug-likeness (QED) is 0.554. The molecule has 7 heteroatoms. The molecule has 2 heterocycles. The average molecular weight is 430 g/mol. The van der Waals surface area contributed by atoms with E-state index in [9.17, 15) is 14.4 Å². The lowest BCUT2D eigenvalue weighted by atomic mass is 9.60. The molecule has 31 heavy (non-hydrogen) atoms. The van der Waals surface area contributed by atoms with Crippen LogP contribution in [0.25, 0.3) is 0 Å². The topological polar surface area (TPSA) is 79.0 Å². The van der Waals surface area contributed by atoms with Gasteiger partial charge in [-0.25, -0.2) is 9.59 Å². The Bertz CT molecular complexity index is 860. The molecular weight excluding hydrogens is 394 g/mol. The lowest BCUT2D eigenvalue weighted by molar-refractivity contribution is -0.151. The number of hydrogen-bond donors (Lipinski definition) is 1. The first kappa shape index (κ1) is 23.3. The fraction of sp³-hybridized carbons (Fsp3) is 0.625. The van der Waals surface area contributed by atoms with Crippen LogP contribution in [0.4, 0.5) is 4.79 Å². The van der Waals surface area contributed by atoms with Gasteiger partial charge in [-0.2, -0.15) is 0 Å². The van der Waals surface area contributed by atoms with Crippen LogP contribution in [-0.4, -0.2) is 64.5 Å². The van der Waals surface area contributed by atoms with Gasteiger partial charge in [0.1, 0.15) is 12.1 Å². The molecule has 4 unspecified atom stereocenters. The molecule has 0 aromatic heterocycles. The molecule has 2 saturated heterocycles. The molecule has 0 aliphatic carbocycles. The molecule has 4 atom stereocenters. The van der Waals surface area contributed by atoms with E-state index in [4.69, 9.17) is 4.74 Å². The number of nitrogens with one attached hydrogen (secondary N) is 1. The van der Waals surface area contributed by atoms with Crippen molar-refractivity contribution in [1.29, 1.82) is 0 Å². The highest BCUT2D eigenvalue weighted by Crippen LogP contribution is 2.51. The number of rotatable bonds is 6. The molecular formula is C24H35N3O4. The third kappa shape index (κ3) is 3.63. The zero-order valence-corrected chi connectivity index (χ0v) is 19.5. The number of carbonyl (C=O) groups is 3. The summed E-state index contributed by atoms with van der Waals surface area (Å²) in [4.78, 5) is 42.3. The van der Waals surface area contributed by atoms with Crippen LogP contribution in [0.15, 0.2) is 30.3 Å². The van der Waals surface area contributed by atoms with Gasteiger partial charge in [0, 0.05) is 17.0 Å². The Labute approximate surface area is 185 Å². The largest absolute Gasteiger partial charge is 0.460 e. The van der Waals surface area contributed by atoms with E-state index >= 15 is 0 Å². The minimum Gasteiger partial charge on any atom is -0.460 e. The number of ether oxygens (including phenoxy) is 1. The second kappa shape index (κ2) is 8.26. The number of piperidine rings is 1.